The zero-order chi connectivity index (χ0) is 28.9. The summed E-state index contributed by atoms with van der Waals surface area (Å²) in [7, 11) is 1.60. The van der Waals surface area contributed by atoms with E-state index in [0.29, 0.717) is 30.6 Å². The van der Waals surface area contributed by atoms with Gasteiger partial charge in [0.05, 0.1) is 19.1 Å². The normalized spacial score (nSPS) is 16.3. The number of piperidine rings is 1. The Hall–Kier alpha value is -4.01. The zero-order valence-corrected chi connectivity index (χ0v) is 22.5. The van der Waals surface area contributed by atoms with Crippen LogP contribution in [0.3, 0.4) is 0 Å². The van der Waals surface area contributed by atoms with Crippen molar-refractivity contribution >= 4 is 17.6 Å². The van der Waals surface area contributed by atoms with E-state index in [-0.39, 0.29) is 18.9 Å². The van der Waals surface area contributed by atoms with Crippen LogP contribution in [0.2, 0.25) is 0 Å². The van der Waals surface area contributed by atoms with E-state index in [1.807, 2.05) is 49.4 Å². The molecule has 3 aromatic carbocycles. The first-order valence-corrected chi connectivity index (χ1v) is 13.2. The van der Waals surface area contributed by atoms with E-state index in [4.69, 9.17) is 4.74 Å². The lowest BCUT2D eigenvalue weighted by atomic mass is 9.93. The fraction of sp³-hybridized carbons (Fsp3) is 0.355. The van der Waals surface area contributed by atoms with Crippen LogP contribution in [0.15, 0.2) is 66.7 Å². The van der Waals surface area contributed by atoms with Gasteiger partial charge in [0.1, 0.15) is 5.75 Å². The average Bonchev–Trinajstić information content (AvgIpc) is 2.95. The Bertz CT molecular complexity index is 1320. The van der Waals surface area contributed by atoms with Gasteiger partial charge >= 0.3 is 12.1 Å². The van der Waals surface area contributed by atoms with Crippen LogP contribution in [0.25, 0.3) is 11.1 Å². The second kappa shape index (κ2) is 12.4. The van der Waals surface area contributed by atoms with Gasteiger partial charge in [-0.1, -0.05) is 30.3 Å². The predicted molar refractivity (Wildman–Crippen MR) is 148 cm³/mol. The summed E-state index contributed by atoms with van der Waals surface area (Å²) in [5, 5.41) is 12.5. The van der Waals surface area contributed by atoms with Gasteiger partial charge in [-0.3, -0.25) is 9.59 Å². The molecule has 1 heterocycles. The molecule has 1 unspecified atom stereocenters. The molecule has 2 atom stereocenters. The first-order chi connectivity index (χ1) is 19.0. The third-order valence-corrected chi connectivity index (χ3v) is 7.32. The molecule has 4 rings (SSSR count). The van der Waals surface area contributed by atoms with Crippen LogP contribution < -0.4 is 10.1 Å². The second-order valence-electron chi connectivity index (χ2n) is 10.2. The Morgan fingerprint density at radius 1 is 1.05 bits per heavy atom. The molecule has 212 valence electrons. The number of hydrogen-bond acceptors (Lipinski definition) is 4. The highest BCUT2D eigenvalue weighted by Crippen LogP contribution is 2.34. The molecule has 1 aliphatic rings. The van der Waals surface area contributed by atoms with Crippen molar-refractivity contribution in [3.8, 4) is 16.9 Å². The van der Waals surface area contributed by atoms with E-state index in [0.717, 1.165) is 28.0 Å². The summed E-state index contributed by atoms with van der Waals surface area (Å²) in [5.74, 6) is -1.00. The summed E-state index contributed by atoms with van der Waals surface area (Å²) in [5.41, 5.74) is 4.53. The summed E-state index contributed by atoms with van der Waals surface area (Å²) in [6.45, 7) is 2.54. The van der Waals surface area contributed by atoms with E-state index < -0.39 is 30.5 Å². The number of halogens is 3. The van der Waals surface area contributed by atoms with E-state index in [1.165, 1.54) is 0 Å². The van der Waals surface area contributed by atoms with Crippen LogP contribution in [0, 0.1) is 12.8 Å². The number of amides is 1. The number of carbonyl (C=O) groups is 2. The zero-order valence-electron chi connectivity index (χ0n) is 22.5. The van der Waals surface area contributed by atoms with E-state index in [9.17, 15) is 27.9 Å². The average molecular weight is 555 g/mol. The largest absolute Gasteiger partial charge is 0.497 e. The SMILES string of the molecule is COc1ccc(-c2ccc(C(CCC(F)(F)F)Nc3ccc(C(=O)N4CCC[C@@H](C(=O)O)C4)cc3)c(C)c2)cc1. The molecular formula is C31H33F3N2O4. The molecule has 0 bridgehead atoms. The third-order valence-electron chi connectivity index (χ3n) is 7.32. The molecule has 0 aliphatic carbocycles. The quantitative estimate of drug-likeness (QED) is 0.295. The number of nitrogens with zero attached hydrogens (tertiary/aromatic N) is 1. The third kappa shape index (κ3) is 7.34. The number of carboxylic acids is 1. The van der Waals surface area contributed by atoms with Crippen molar-refractivity contribution in [2.24, 2.45) is 5.92 Å². The molecule has 40 heavy (non-hydrogen) atoms. The van der Waals surface area contributed by atoms with Crippen molar-refractivity contribution in [1.29, 1.82) is 0 Å². The van der Waals surface area contributed by atoms with Crippen molar-refractivity contribution in [3.05, 3.63) is 83.4 Å². The number of aliphatic carboxylic acids is 1. The van der Waals surface area contributed by atoms with Gasteiger partial charge in [0.25, 0.3) is 5.91 Å². The van der Waals surface area contributed by atoms with Gasteiger partial charge in [-0.15, -0.1) is 0 Å². The highest BCUT2D eigenvalue weighted by molar-refractivity contribution is 5.95. The number of methoxy groups -OCH3 is 1. The number of rotatable bonds is 9. The number of anilines is 1. The lowest BCUT2D eigenvalue weighted by Gasteiger charge is -2.30. The van der Waals surface area contributed by atoms with Gasteiger partial charge in [-0.25, -0.2) is 0 Å². The fourth-order valence-electron chi connectivity index (χ4n) is 5.10. The van der Waals surface area contributed by atoms with Crippen molar-refractivity contribution in [1.82, 2.24) is 4.90 Å². The number of aryl methyl sites for hydroxylation is 1. The first kappa shape index (κ1) is 29.0. The van der Waals surface area contributed by atoms with Gasteiger partial charge in [0, 0.05) is 30.8 Å². The molecule has 1 aliphatic heterocycles. The topological polar surface area (TPSA) is 78.9 Å². The Morgan fingerprint density at radius 3 is 2.33 bits per heavy atom. The van der Waals surface area contributed by atoms with Crippen molar-refractivity contribution in [2.45, 2.75) is 44.8 Å². The number of benzene rings is 3. The maximum Gasteiger partial charge on any atom is 0.389 e. The standard InChI is InChI=1S/C31H33F3N2O4/c1-20-18-23(21-7-12-26(40-2)13-8-21)9-14-27(20)28(15-16-31(32,33)34)35-25-10-5-22(6-11-25)29(37)36-17-3-4-24(19-36)30(38)39/h5-14,18,24,28,35H,3-4,15-17,19H2,1-2H3,(H,38,39)/t24-,28?/m1/s1. The summed E-state index contributed by atoms with van der Waals surface area (Å²) in [4.78, 5) is 25.8. The molecule has 9 heteroatoms. The summed E-state index contributed by atoms with van der Waals surface area (Å²) >= 11 is 0. The number of carboxylic acid groups (broad SMARTS) is 1. The second-order valence-corrected chi connectivity index (χ2v) is 10.2. The van der Waals surface area contributed by atoms with E-state index in [2.05, 4.69) is 5.32 Å². The highest BCUT2D eigenvalue weighted by atomic mass is 19.4. The van der Waals surface area contributed by atoms with Crippen LogP contribution in [-0.4, -0.2) is 48.3 Å². The lowest BCUT2D eigenvalue weighted by molar-refractivity contribution is -0.143. The number of hydrogen-bond donors (Lipinski definition) is 2. The van der Waals surface area contributed by atoms with Gasteiger partial charge in [-0.05, 0) is 84.8 Å². The van der Waals surface area contributed by atoms with Crippen LogP contribution in [0.1, 0.15) is 53.2 Å². The van der Waals surface area contributed by atoms with Gasteiger partial charge in [0.2, 0.25) is 0 Å². The molecule has 0 radical (unpaired) electrons. The van der Waals surface area contributed by atoms with Crippen LogP contribution in [0.4, 0.5) is 18.9 Å². The maximum atomic E-state index is 13.2. The minimum absolute atomic E-state index is 0.155. The molecule has 3 aromatic rings. The molecule has 6 nitrogen and oxygen atoms in total. The molecule has 0 spiro atoms. The minimum Gasteiger partial charge on any atom is -0.497 e. The smallest absolute Gasteiger partial charge is 0.389 e. The molecule has 1 amide bonds. The van der Waals surface area contributed by atoms with E-state index >= 15 is 0 Å². The lowest BCUT2D eigenvalue weighted by Crippen LogP contribution is -2.42. The molecule has 1 saturated heterocycles. The van der Waals surface area contributed by atoms with Crippen LogP contribution in [-0.2, 0) is 4.79 Å². The van der Waals surface area contributed by atoms with Gasteiger partial charge in [-0.2, -0.15) is 13.2 Å². The Labute approximate surface area is 231 Å². The molecule has 2 N–H and O–H groups in total. The number of likely N-dealkylation sites (tertiary alicyclic amines) is 1. The Morgan fingerprint density at radius 2 is 1.73 bits per heavy atom. The summed E-state index contributed by atoms with van der Waals surface area (Å²) in [6.07, 6.45) is -4.23. The first-order valence-electron chi connectivity index (χ1n) is 13.2. The van der Waals surface area contributed by atoms with Crippen LogP contribution >= 0.6 is 0 Å². The fourth-order valence-corrected chi connectivity index (χ4v) is 5.10. The summed E-state index contributed by atoms with van der Waals surface area (Å²) in [6, 6.07) is 19.3. The maximum absolute atomic E-state index is 13.2. The monoisotopic (exact) mass is 554 g/mol. The van der Waals surface area contributed by atoms with Crippen molar-refractivity contribution in [2.75, 3.05) is 25.5 Å². The molecule has 1 fully saturated rings. The van der Waals surface area contributed by atoms with Gasteiger partial charge in [0.15, 0.2) is 0 Å². The number of ether oxygens (including phenoxy) is 1. The number of carbonyl (C=O) groups excluding carboxylic acids is 1. The Balaban J connectivity index is 1.52. The van der Waals surface area contributed by atoms with E-state index in [1.54, 1.807) is 36.3 Å². The minimum atomic E-state index is -4.30. The predicted octanol–water partition coefficient (Wildman–Crippen LogP) is 7.10. The summed E-state index contributed by atoms with van der Waals surface area (Å²) < 4.78 is 44.8. The molecular weight excluding hydrogens is 521 g/mol. The van der Waals surface area contributed by atoms with Crippen molar-refractivity contribution < 1.29 is 32.6 Å². The molecule has 0 saturated carbocycles. The van der Waals surface area contributed by atoms with Crippen LogP contribution in [0.5, 0.6) is 5.75 Å². The number of alkyl halides is 3. The highest BCUT2D eigenvalue weighted by Gasteiger charge is 2.30. The van der Waals surface area contributed by atoms with Crippen molar-refractivity contribution in [3.63, 3.8) is 0 Å². The van der Waals surface area contributed by atoms with Gasteiger partial charge < -0.3 is 20.1 Å². The molecule has 0 aromatic heterocycles. The number of nitrogens with one attached hydrogen (secondary N) is 1. The Kier molecular flexibility index (Phi) is 9.02.